The predicted molar refractivity (Wildman–Crippen MR) is 74.5 cm³/mol. The van der Waals surface area contributed by atoms with E-state index < -0.39 is 5.54 Å². The molecule has 106 valence electrons. The van der Waals surface area contributed by atoms with Crippen LogP contribution in [0.3, 0.4) is 0 Å². The van der Waals surface area contributed by atoms with E-state index >= 15 is 0 Å². The highest BCUT2D eigenvalue weighted by Crippen LogP contribution is 2.29. The second-order valence-electron chi connectivity index (χ2n) is 5.76. The summed E-state index contributed by atoms with van der Waals surface area (Å²) in [6, 6.07) is 0.0599. The van der Waals surface area contributed by atoms with Crippen molar-refractivity contribution in [2.45, 2.75) is 57.5 Å². The van der Waals surface area contributed by atoms with Crippen LogP contribution in [-0.4, -0.2) is 21.2 Å². The van der Waals surface area contributed by atoms with Crippen molar-refractivity contribution < 1.29 is 4.79 Å². The minimum absolute atomic E-state index is 0.0592. The van der Waals surface area contributed by atoms with Crippen molar-refractivity contribution in [1.82, 2.24) is 15.1 Å². The fourth-order valence-electron chi connectivity index (χ4n) is 2.81. The summed E-state index contributed by atoms with van der Waals surface area (Å²) in [6.45, 7) is 3.84. The number of amides is 1. The molecule has 19 heavy (non-hydrogen) atoms. The Morgan fingerprint density at radius 3 is 3.11 bits per heavy atom. The van der Waals surface area contributed by atoms with Gasteiger partial charge in [-0.15, -0.1) is 0 Å². The number of carbonyl (C=O) groups is 1. The van der Waals surface area contributed by atoms with Crippen molar-refractivity contribution >= 4 is 5.91 Å². The Kier molecular flexibility index (Phi) is 3.94. The third kappa shape index (κ3) is 2.81. The first kappa shape index (κ1) is 14.1. The van der Waals surface area contributed by atoms with E-state index in [0.717, 1.165) is 31.2 Å². The average molecular weight is 264 g/mol. The number of nitrogens with one attached hydrogen (secondary N) is 1. The van der Waals surface area contributed by atoms with Crippen LogP contribution in [0.25, 0.3) is 0 Å². The summed E-state index contributed by atoms with van der Waals surface area (Å²) >= 11 is 0. The minimum atomic E-state index is -0.783. The Hall–Kier alpha value is -1.36. The number of carbonyl (C=O) groups excluding carboxylic acids is 1. The molecule has 1 aromatic rings. The number of nitrogens with zero attached hydrogens (tertiary/aromatic N) is 2. The number of fused-ring (bicyclic) bond motifs is 1. The Labute approximate surface area is 114 Å². The SMILES string of the molecule is CCCC(C)(N)C(=O)NC1CCCc2c1cnn2C. The van der Waals surface area contributed by atoms with Gasteiger partial charge in [-0.25, -0.2) is 0 Å². The molecule has 1 heterocycles. The molecule has 0 saturated carbocycles. The average Bonchev–Trinajstić information content (AvgIpc) is 2.72. The van der Waals surface area contributed by atoms with Gasteiger partial charge in [0.1, 0.15) is 0 Å². The van der Waals surface area contributed by atoms with Crippen LogP contribution in [0.4, 0.5) is 0 Å². The number of hydrogen-bond acceptors (Lipinski definition) is 3. The molecular weight excluding hydrogens is 240 g/mol. The molecule has 3 N–H and O–H groups in total. The maximum Gasteiger partial charge on any atom is 0.240 e. The molecular formula is C14H24N4O. The molecule has 0 aromatic carbocycles. The van der Waals surface area contributed by atoms with Crippen LogP contribution in [0.2, 0.25) is 0 Å². The van der Waals surface area contributed by atoms with E-state index in [-0.39, 0.29) is 11.9 Å². The number of nitrogens with two attached hydrogens (primary N) is 1. The van der Waals surface area contributed by atoms with E-state index in [1.807, 2.05) is 24.9 Å². The minimum Gasteiger partial charge on any atom is -0.348 e. The fraction of sp³-hybridized carbons (Fsp3) is 0.714. The first-order chi connectivity index (χ1) is 8.95. The molecule has 1 aliphatic rings. The molecule has 1 aliphatic carbocycles. The highest BCUT2D eigenvalue weighted by atomic mass is 16.2. The number of aromatic nitrogens is 2. The van der Waals surface area contributed by atoms with E-state index in [1.54, 1.807) is 6.92 Å². The van der Waals surface area contributed by atoms with E-state index in [1.165, 1.54) is 5.69 Å². The van der Waals surface area contributed by atoms with Crippen LogP contribution in [-0.2, 0) is 18.3 Å². The van der Waals surface area contributed by atoms with Gasteiger partial charge in [-0.3, -0.25) is 9.48 Å². The monoisotopic (exact) mass is 264 g/mol. The van der Waals surface area contributed by atoms with Gasteiger partial charge in [0.2, 0.25) is 5.91 Å². The van der Waals surface area contributed by atoms with Gasteiger partial charge in [0.15, 0.2) is 0 Å². The van der Waals surface area contributed by atoms with Gasteiger partial charge in [0, 0.05) is 18.3 Å². The van der Waals surface area contributed by atoms with Crippen molar-refractivity contribution in [3.63, 3.8) is 0 Å². The standard InChI is InChI=1S/C14H24N4O/c1-4-8-14(2,15)13(19)17-11-6-5-7-12-10(11)9-16-18(12)3/h9,11H,4-8,15H2,1-3H3,(H,17,19). The Morgan fingerprint density at radius 2 is 2.42 bits per heavy atom. The van der Waals surface area contributed by atoms with E-state index in [4.69, 9.17) is 5.73 Å². The summed E-state index contributed by atoms with van der Waals surface area (Å²) < 4.78 is 1.90. The predicted octanol–water partition coefficient (Wildman–Crippen LogP) is 1.43. The Balaban J connectivity index is 2.11. The number of rotatable bonds is 4. The van der Waals surface area contributed by atoms with Crippen LogP contribution in [0.15, 0.2) is 6.20 Å². The van der Waals surface area contributed by atoms with Crippen molar-refractivity contribution in [1.29, 1.82) is 0 Å². The van der Waals surface area contributed by atoms with Crippen molar-refractivity contribution in [3.05, 3.63) is 17.5 Å². The molecule has 1 aromatic heterocycles. The van der Waals surface area contributed by atoms with E-state index in [2.05, 4.69) is 10.4 Å². The zero-order chi connectivity index (χ0) is 14.0. The molecule has 5 nitrogen and oxygen atoms in total. The smallest absolute Gasteiger partial charge is 0.240 e. The summed E-state index contributed by atoms with van der Waals surface area (Å²) in [6.07, 6.45) is 6.55. The number of hydrogen-bond donors (Lipinski definition) is 2. The normalized spacial score (nSPS) is 21.6. The number of aryl methyl sites for hydroxylation is 1. The summed E-state index contributed by atoms with van der Waals surface area (Å²) in [5.41, 5.74) is 7.67. The summed E-state index contributed by atoms with van der Waals surface area (Å²) in [5.74, 6) is -0.0592. The third-order valence-electron chi connectivity index (χ3n) is 3.97. The van der Waals surface area contributed by atoms with Gasteiger partial charge in [-0.1, -0.05) is 13.3 Å². The highest BCUT2D eigenvalue weighted by Gasteiger charge is 2.31. The molecule has 5 heteroatoms. The first-order valence-corrected chi connectivity index (χ1v) is 7.06. The molecule has 0 saturated heterocycles. The van der Waals surface area contributed by atoms with Crippen LogP contribution in [0.5, 0.6) is 0 Å². The lowest BCUT2D eigenvalue weighted by Crippen LogP contribution is -2.52. The Morgan fingerprint density at radius 1 is 1.68 bits per heavy atom. The lowest BCUT2D eigenvalue weighted by Gasteiger charge is -2.29. The Bertz CT molecular complexity index is 464. The van der Waals surface area contributed by atoms with Crippen molar-refractivity contribution in [2.75, 3.05) is 0 Å². The van der Waals surface area contributed by atoms with Crippen LogP contribution in [0.1, 0.15) is 56.8 Å². The molecule has 0 radical (unpaired) electrons. The van der Waals surface area contributed by atoms with Gasteiger partial charge in [0.25, 0.3) is 0 Å². The van der Waals surface area contributed by atoms with Crippen molar-refractivity contribution in [3.8, 4) is 0 Å². The lowest BCUT2D eigenvalue weighted by molar-refractivity contribution is -0.126. The van der Waals surface area contributed by atoms with Gasteiger partial charge in [0.05, 0.1) is 17.8 Å². The summed E-state index contributed by atoms with van der Waals surface area (Å²) in [5, 5.41) is 7.38. The fourth-order valence-corrected chi connectivity index (χ4v) is 2.81. The molecule has 0 fully saturated rings. The molecule has 0 aliphatic heterocycles. The molecule has 0 spiro atoms. The third-order valence-corrected chi connectivity index (χ3v) is 3.97. The second-order valence-corrected chi connectivity index (χ2v) is 5.76. The largest absolute Gasteiger partial charge is 0.348 e. The van der Waals surface area contributed by atoms with Crippen LogP contribution in [0, 0.1) is 0 Å². The first-order valence-electron chi connectivity index (χ1n) is 7.06. The van der Waals surface area contributed by atoms with Crippen LogP contribution < -0.4 is 11.1 Å². The van der Waals surface area contributed by atoms with Crippen LogP contribution >= 0.6 is 0 Å². The van der Waals surface area contributed by atoms with Gasteiger partial charge < -0.3 is 11.1 Å². The van der Waals surface area contributed by atoms with Gasteiger partial charge >= 0.3 is 0 Å². The van der Waals surface area contributed by atoms with E-state index in [0.29, 0.717) is 6.42 Å². The zero-order valence-electron chi connectivity index (χ0n) is 12.1. The maximum atomic E-state index is 12.3. The summed E-state index contributed by atoms with van der Waals surface area (Å²) in [7, 11) is 1.95. The van der Waals surface area contributed by atoms with Gasteiger partial charge in [-0.2, -0.15) is 5.10 Å². The van der Waals surface area contributed by atoms with E-state index in [9.17, 15) is 4.79 Å². The van der Waals surface area contributed by atoms with Crippen molar-refractivity contribution in [2.24, 2.45) is 12.8 Å². The molecule has 2 atom stereocenters. The summed E-state index contributed by atoms with van der Waals surface area (Å²) in [4.78, 5) is 12.3. The molecule has 1 amide bonds. The molecule has 0 bridgehead atoms. The molecule has 2 rings (SSSR count). The zero-order valence-corrected chi connectivity index (χ0v) is 12.1. The highest BCUT2D eigenvalue weighted by molar-refractivity contribution is 5.85. The maximum absolute atomic E-state index is 12.3. The topological polar surface area (TPSA) is 72.9 Å². The molecule has 2 unspecified atom stereocenters. The quantitative estimate of drug-likeness (QED) is 0.864. The second kappa shape index (κ2) is 5.33. The lowest BCUT2D eigenvalue weighted by atomic mass is 9.90. The van der Waals surface area contributed by atoms with Gasteiger partial charge in [-0.05, 0) is 32.6 Å².